The van der Waals surface area contributed by atoms with Gasteiger partial charge in [0, 0.05) is 17.8 Å². The van der Waals surface area contributed by atoms with E-state index in [-0.39, 0.29) is 24.4 Å². The molecule has 0 aromatic carbocycles. The van der Waals surface area contributed by atoms with Crippen molar-refractivity contribution in [2.75, 3.05) is 13.2 Å². The maximum Gasteiger partial charge on any atom is 0.330 e. The van der Waals surface area contributed by atoms with Crippen LogP contribution < -0.4 is 0 Å². The second-order valence-electron chi connectivity index (χ2n) is 6.80. The van der Waals surface area contributed by atoms with Crippen molar-refractivity contribution in [2.45, 2.75) is 53.6 Å². The maximum atomic E-state index is 10.1. The number of carbonyl (C=O) groups is 3. The lowest BCUT2D eigenvalue weighted by Gasteiger charge is -2.13. The predicted octanol–water partition coefficient (Wildman–Crippen LogP) is 1.52. The van der Waals surface area contributed by atoms with Crippen LogP contribution in [0.25, 0.3) is 0 Å². The Balaban J connectivity index is -0.000000132. The van der Waals surface area contributed by atoms with Gasteiger partial charge < -0.3 is 30.6 Å². The minimum Gasteiger partial charge on any atom is -0.481 e. The van der Waals surface area contributed by atoms with Crippen LogP contribution in [0.2, 0.25) is 0 Å². The van der Waals surface area contributed by atoms with Gasteiger partial charge in [0.25, 0.3) is 0 Å². The molecule has 0 unspecified atom stereocenters. The summed E-state index contributed by atoms with van der Waals surface area (Å²) in [7, 11) is 0. The summed E-state index contributed by atoms with van der Waals surface area (Å²) in [5.41, 5.74) is -1.33. The number of carboxylic acids is 3. The van der Waals surface area contributed by atoms with Crippen molar-refractivity contribution in [3.63, 3.8) is 0 Å². The SMILES string of the molecule is C=C(C)C(=O)O.C=C(C)C(=O)O.CC(C)(CO)C(=O)O.CC(C)(O)CCO. The van der Waals surface area contributed by atoms with Crippen LogP contribution in [-0.4, -0.2) is 67.4 Å². The van der Waals surface area contributed by atoms with Gasteiger partial charge in [-0.2, -0.15) is 0 Å². The minimum absolute atomic E-state index is 0.0590. The van der Waals surface area contributed by atoms with Gasteiger partial charge in [0.05, 0.1) is 17.6 Å². The first-order valence-electron chi connectivity index (χ1n) is 7.80. The van der Waals surface area contributed by atoms with E-state index in [4.69, 9.17) is 30.6 Å². The van der Waals surface area contributed by atoms with Crippen molar-refractivity contribution in [1.29, 1.82) is 0 Å². The molecule has 0 fully saturated rings. The molecule has 0 aliphatic rings. The molecule has 0 amide bonds. The van der Waals surface area contributed by atoms with Crippen molar-refractivity contribution < 1.29 is 45.0 Å². The van der Waals surface area contributed by atoms with E-state index >= 15 is 0 Å². The lowest BCUT2D eigenvalue weighted by molar-refractivity contribution is -0.149. The monoisotopic (exact) mass is 394 g/mol. The zero-order valence-corrected chi connectivity index (χ0v) is 16.9. The Bertz CT molecular complexity index is 438. The lowest BCUT2D eigenvalue weighted by atomic mass is 9.96. The zero-order valence-electron chi connectivity index (χ0n) is 16.9. The number of aliphatic carboxylic acids is 3. The van der Waals surface area contributed by atoms with Crippen molar-refractivity contribution >= 4 is 17.9 Å². The molecule has 9 heteroatoms. The molecule has 27 heavy (non-hydrogen) atoms. The summed E-state index contributed by atoms with van der Waals surface area (Å²) in [4.78, 5) is 29.3. The normalized spacial score (nSPS) is 9.81. The van der Waals surface area contributed by atoms with E-state index in [1.165, 1.54) is 27.7 Å². The molecular weight excluding hydrogens is 360 g/mol. The highest BCUT2D eigenvalue weighted by Gasteiger charge is 2.25. The number of aliphatic hydroxyl groups excluding tert-OH is 2. The van der Waals surface area contributed by atoms with Crippen molar-refractivity contribution in [2.24, 2.45) is 5.41 Å². The Morgan fingerprint density at radius 3 is 1.07 bits per heavy atom. The second kappa shape index (κ2) is 16.0. The molecule has 0 aromatic heterocycles. The van der Waals surface area contributed by atoms with Crippen molar-refractivity contribution in [3.05, 3.63) is 24.3 Å². The van der Waals surface area contributed by atoms with Crippen LogP contribution >= 0.6 is 0 Å². The number of hydrogen-bond acceptors (Lipinski definition) is 6. The van der Waals surface area contributed by atoms with Gasteiger partial charge >= 0.3 is 17.9 Å². The Hall–Kier alpha value is -2.23. The van der Waals surface area contributed by atoms with Gasteiger partial charge in [0.15, 0.2) is 0 Å². The summed E-state index contributed by atoms with van der Waals surface area (Å²) in [6.45, 7) is 15.2. The van der Waals surface area contributed by atoms with Gasteiger partial charge in [-0.1, -0.05) is 13.2 Å². The summed E-state index contributed by atoms with van der Waals surface area (Å²) in [5.74, 6) is -2.84. The van der Waals surface area contributed by atoms with E-state index in [1.54, 1.807) is 13.8 Å². The van der Waals surface area contributed by atoms with E-state index in [0.717, 1.165) is 0 Å². The molecule has 9 nitrogen and oxygen atoms in total. The van der Waals surface area contributed by atoms with Crippen LogP contribution in [0.3, 0.4) is 0 Å². The van der Waals surface area contributed by atoms with Gasteiger partial charge in [0.1, 0.15) is 0 Å². The molecule has 0 aliphatic carbocycles. The number of hydrogen-bond donors (Lipinski definition) is 6. The molecule has 0 spiro atoms. The molecule has 6 N–H and O–H groups in total. The molecule has 0 bridgehead atoms. The minimum atomic E-state index is -0.986. The van der Waals surface area contributed by atoms with Crippen LogP contribution in [0.5, 0.6) is 0 Å². The van der Waals surface area contributed by atoms with Crippen molar-refractivity contribution in [1.82, 2.24) is 0 Å². The molecule has 0 radical (unpaired) electrons. The van der Waals surface area contributed by atoms with E-state index in [9.17, 15) is 14.4 Å². The third-order valence-electron chi connectivity index (χ3n) is 2.43. The fourth-order valence-corrected chi connectivity index (χ4v) is 0.341. The summed E-state index contributed by atoms with van der Waals surface area (Å²) in [6, 6.07) is 0. The Kier molecular flexibility index (Phi) is 19.2. The molecular formula is C18H34O9. The highest BCUT2D eigenvalue weighted by atomic mass is 16.4. The van der Waals surface area contributed by atoms with E-state index in [0.29, 0.717) is 6.42 Å². The fraction of sp³-hybridized carbons (Fsp3) is 0.611. The lowest BCUT2D eigenvalue weighted by Crippen LogP contribution is -2.27. The second-order valence-corrected chi connectivity index (χ2v) is 6.80. The molecule has 0 heterocycles. The first-order valence-corrected chi connectivity index (χ1v) is 7.80. The summed E-state index contributed by atoms with van der Waals surface area (Å²) >= 11 is 0. The van der Waals surface area contributed by atoms with Gasteiger partial charge in [-0.05, 0) is 48.0 Å². The van der Waals surface area contributed by atoms with Gasteiger partial charge in [-0.15, -0.1) is 0 Å². The third kappa shape index (κ3) is 32.0. The van der Waals surface area contributed by atoms with E-state index in [1.807, 2.05) is 0 Å². The van der Waals surface area contributed by atoms with Crippen LogP contribution in [0, 0.1) is 5.41 Å². The smallest absolute Gasteiger partial charge is 0.330 e. The standard InChI is InChI=1S/C5H10O3.C5H12O2.2C4H6O2/c1-5(2,3-6)4(7)8;1-5(2,7)3-4-6;2*1-3(2)4(5)6/h6H,3H2,1-2H3,(H,7,8);6-7H,3-4H2,1-2H3;2*1H2,2H3,(H,5,6). The zero-order chi connectivity index (χ0) is 23.0. The van der Waals surface area contributed by atoms with Gasteiger partial charge in [-0.3, -0.25) is 4.79 Å². The summed E-state index contributed by atoms with van der Waals surface area (Å²) in [6.07, 6.45) is 0.451. The Morgan fingerprint density at radius 1 is 0.815 bits per heavy atom. The molecule has 0 aromatic rings. The molecule has 0 rings (SSSR count). The molecule has 160 valence electrons. The number of aliphatic hydroxyl groups is 3. The first-order chi connectivity index (χ1) is 11.9. The number of carboxylic acid groups (broad SMARTS) is 3. The predicted molar refractivity (Wildman–Crippen MR) is 101 cm³/mol. The highest BCUT2D eigenvalue weighted by molar-refractivity contribution is 5.85. The fourth-order valence-electron chi connectivity index (χ4n) is 0.341. The highest BCUT2D eigenvalue weighted by Crippen LogP contribution is 2.12. The molecule has 0 saturated heterocycles. The summed E-state index contributed by atoms with van der Waals surface area (Å²) < 4.78 is 0. The Labute approximate surface area is 160 Å². The largest absolute Gasteiger partial charge is 0.481 e. The van der Waals surface area contributed by atoms with Gasteiger partial charge in [0.2, 0.25) is 0 Å². The molecule has 0 atom stereocenters. The van der Waals surface area contributed by atoms with E-state index in [2.05, 4.69) is 13.2 Å². The average Bonchev–Trinajstić information content (AvgIpc) is 2.47. The molecule has 0 aliphatic heterocycles. The van der Waals surface area contributed by atoms with Crippen LogP contribution in [0.15, 0.2) is 24.3 Å². The van der Waals surface area contributed by atoms with Gasteiger partial charge in [-0.25, -0.2) is 9.59 Å². The average molecular weight is 394 g/mol. The first kappa shape index (κ1) is 32.4. The Morgan fingerprint density at radius 2 is 1.07 bits per heavy atom. The topological polar surface area (TPSA) is 173 Å². The third-order valence-corrected chi connectivity index (χ3v) is 2.43. The van der Waals surface area contributed by atoms with Crippen LogP contribution in [0.4, 0.5) is 0 Å². The maximum absolute atomic E-state index is 10.1. The number of rotatable bonds is 6. The summed E-state index contributed by atoms with van der Waals surface area (Å²) in [5, 5.41) is 49.5. The molecule has 0 saturated carbocycles. The van der Waals surface area contributed by atoms with Crippen LogP contribution in [-0.2, 0) is 14.4 Å². The quantitative estimate of drug-likeness (QED) is 0.365. The van der Waals surface area contributed by atoms with Crippen LogP contribution in [0.1, 0.15) is 48.0 Å². The van der Waals surface area contributed by atoms with E-state index < -0.39 is 28.9 Å². The van der Waals surface area contributed by atoms with Crippen molar-refractivity contribution in [3.8, 4) is 0 Å².